The minimum absolute atomic E-state index is 0.273. The summed E-state index contributed by atoms with van der Waals surface area (Å²) in [5, 5.41) is 0. The van der Waals surface area contributed by atoms with Crippen LogP contribution < -0.4 is 5.73 Å². The third-order valence-electron chi connectivity index (χ3n) is 5.42. The van der Waals surface area contributed by atoms with E-state index in [1.165, 1.54) is 51.5 Å². The van der Waals surface area contributed by atoms with Gasteiger partial charge in [-0.3, -0.25) is 4.90 Å². The van der Waals surface area contributed by atoms with E-state index in [0.29, 0.717) is 6.04 Å². The van der Waals surface area contributed by atoms with Crippen molar-refractivity contribution in [1.29, 1.82) is 0 Å². The van der Waals surface area contributed by atoms with Gasteiger partial charge in [0.25, 0.3) is 0 Å². The second-order valence-electron chi connectivity index (χ2n) is 7.52. The van der Waals surface area contributed by atoms with Gasteiger partial charge in [-0.1, -0.05) is 46.5 Å². The van der Waals surface area contributed by atoms with Gasteiger partial charge >= 0.3 is 0 Å². The lowest BCUT2D eigenvalue weighted by Gasteiger charge is -2.51. The predicted octanol–water partition coefficient (Wildman–Crippen LogP) is 4.43. The largest absolute Gasteiger partial charge is 0.329 e. The van der Waals surface area contributed by atoms with Gasteiger partial charge in [-0.15, -0.1) is 0 Å². The molecule has 0 heterocycles. The van der Waals surface area contributed by atoms with E-state index in [2.05, 4.69) is 39.5 Å². The molecule has 2 unspecified atom stereocenters. The Morgan fingerprint density at radius 1 is 1.20 bits per heavy atom. The van der Waals surface area contributed by atoms with Gasteiger partial charge in [0.1, 0.15) is 0 Å². The number of unbranched alkanes of at least 4 members (excludes halogenated alkanes) is 2. The van der Waals surface area contributed by atoms with Crippen LogP contribution >= 0.6 is 0 Å². The number of rotatable bonds is 8. The zero-order valence-corrected chi connectivity index (χ0v) is 14.6. The summed E-state index contributed by atoms with van der Waals surface area (Å²) in [5.41, 5.74) is 6.57. The van der Waals surface area contributed by atoms with Gasteiger partial charge in [0.05, 0.1) is 0 Å². The van der Waals surface area contributed by atoms with Crippen molar-refractivity contribution >= 4 is 0 Å². The lowest BCUT2D eigenvalue weighted by Crippen LogP contribution is -2.59. The normalized spacial score (nSPS) is 27.8. The standard InChI is InChI=1S/C18H38N2/c1-6-7-8-12-20(16(4)5)18(14-19)11-9-10-17(13-18)15(2)3/h15-17H,6-14,19H2,1-5H3. The van der Waals surface area contributed by atoms with Crippen molar-refractivity contribution in [1.82, 2.24) is 4.90 Å². The Morgan fingerprint density at radius 3 is 2.40 bits per heavy atom. The Balaban J connectivity index is 2.80. The number of hydrogen-bond acceptors (Lipinski definition) is 2. The van der Waals surface area contributed by atoms with Crippen LogP contribution in [0, 0.1) is 11.8 Å². The maximum atomic E-state index is 6.30. The molecule has 120 valence electrons. The van der Waals surface area contributed by atoms with Crippen molar-refractivity contribution in [3.8, 4) is 0 Å². The van der Waals surface area contributed by atoms with E-state index >= 15 is 0 Å². The molecule has 0 spiro atoms. The predicted molar refractivity (Wildman–Crippen MR) is 89.9 cm³/mol. The molecule has 1 rings (SSSR count). The van der Waals surface area contributed by atoms with E-state index in [1.54, 1.807) is 0 Å². The Morgan fingerprint density at radius 2 is 1.90 bits per heavy atom. The van der Waals surface area contributed by atoms with Gasteiger partial charge in [0.15, 0.2) is 0 Å². The van der Waals surface area contributed by atoms with Crippen LogP contribution in [-0.4, -0.2) is 29.6 Å². The molecule has 1 aliphatic rings. The Kier molecular flexibility index (Phi) is 7.53. The van der Waals surface area contributed by atoms with Crippen molar-refractivity contribution in [2.24, 2.45) is 17.6 Å². The van der Waals surface area contributed by atoms with Crippen molar-refractivity contribution in [2.45, 2.75) is 91.1 Å². The van der Waals surface area contributed by atoms with Crippen molar-refractivity contribution in [3.63, 3.8) is 0 Å². The first-order chi connectivity index (χ1) is 9.46. The molecular weight excluding hydrogens is 244 g/mol. The zero-order valence-electron chi connectivity index (χ0n) is 14.6. The first-order valence-electron chi connectivity index (χ1n) is 8.93. The summed E-state index contributed by atoms with van der Waals surface area (Å²) in [6.45, 7) is 13.8. The van der Waals surface area contributed by atoms with Crippen molar-refractivity contribution < 1.29 is 0 Å². The Labute approximate surface area is 127 Å². The highest BCUT2D eigenvalue weighted by molar-refractivity contribution is 4.98. The van der Waals surface area contributed by atoms with Crippen LogP contribution in [0.1, 0.15) is 79.6 Å². The molecule has 2 atom stereocenters. The molecule has 0 aromatic carbocycles. The monoisotopic (exact) mass is 282 g/mol. The van der Waals surface area contributed by atoms with Crippen LogP contribution in [0.25, 0.3) is 0 Å². The average Bonchev–Trinajstić information content (AvgIpc) is 2.43. The average molecular weight is 283 g/mol. The van der Waals surface area contributed by atoms with Gasteiger partial charge in [0.2, 0.25) is 0 Å². The molecule has 0 radical (unpaired) electrons. The molecule has 1 aliphatic carbocycles. The van der Waals surface area contributed by atoms with E-state index in [9.17, 15) is 0 Å². The SMILES string of the molecule is CCCCCN(C(C)C)C1(CN)CCCC(C(C)C)C1. The van der Waals surface area contributed by atoms with Crippen LogP contribution in [-0.2, 0) is 0 Å². The molecule has 2 N–H and O–H groups in total. The van der Waals surface area contributed by atoms with Gasteiger partial charge in [0, 0.05) is 18.1 Å². The molecule has 0 amide bonds. The minimum atomic E-state index is 0.273. The maximum absolute atomic E-state index is 6.30. The fourth-order valence-electron chi connectivity index (χ4n) is 4.09. The van der Waals surface area contributed by atoms with Gasteiger partial charge < -0.3 is 5.73 Å². The van der Waals surface area contributed by atoms with Crippen LogP contribution in [0.15, 0.2) is 0 Å². The summed E-state index contributed by atoms with van der Waals surface area (Å²) >= 11 is 0. The molecule has 2 nitrogen and oxygen atoms in total. The van der Waals surface area contributed by atoms with E-state index in [0.717, 1.165) is 18.4 Å². The molecule has 20 heavy (non-hydrogen) atoms. The van der Waals surface area contributed by atoms with Crippen molar-refractivity contribution in [3.05, 3.63) is 0 Å². The highest BCUT2D eigenvalue weighted by Crippen LogP contribution is 2.40. The highest BCUT2D eigenvalue weighted by atomic mass is 15.2. The molecule has 2 heteroatoms. The fraction of sp³-hybridized carbons (Fsp3) is 1.00. The molecule has 0 saturated heterocycles. The fourth-order valence-corrected chi connectivity index (χ4v) is 4.09. The molecular formula is C18H38N2. The first kappa shape index (κ1) is 18.0. The molecule has 1 fully saturated rings. The van der Waals surface area contributed by atoms with E-state index < -0.39 is 0 Å². The number of hydrogen-bond donors (Lipinski definition) is 1. The lowest BCUT2D eigenvalue weighted by molar-refractivity contribution is 0.00246. The lowest BCUT2D eigenvalue weighted by atomic mass is 9.70. The summed E-state index contributed by atoms with van der Waals surface area (Å²) in [5.74, 6) is 1.66. The minimum Gasteiger partial charge on any atom is -0.329 e. The zero-order chi connectivity index (χ0) is 15.2. The van der Waals surface area contributed by atoms with Gasteiger partial charge in [-0.2, -0.15) is 0 Å². The summed E-state index contributed by atoms with van der Waals surface area (Å²) < 4.78 is 0. The third kappa shape index (κ3) is 4.46. The second kappa shape index (κ2) is 8.38. The molecule has 0 aromatic heterocycles. The smallest absolute Gasteiger partial charge is 0.0337 e. The van der Waals surface area contributed by atoms with E-state index in [1.807, 2.05) is 0 Å². The topological polar surface area (TPSA) is 29.3 Å². The van der Waals surface area contributed by atoms with Gasteiger partial charge in [-0.25, -0.2) is 0 Å². The molecule has 0 aliphatic heterocycles. The molecule has 0 bridgehead atoms. The van der Waals surface area contributed by atoms with Crippen LogP contribution in [0.2, 0.25) is 0 Å². The van der Waals surface area contributed by atoms with Crippen LogP contribution in [0.3, 0.4) is 0 Å². The highest BCUT2D eigenvalue weighted by Gasteiger charge is 2.41. The van der Waals surface area contributed by atoms with Gasteiger partial charge in [-0.05, 0) is 51.5 Å². The summed E-state index contributed by atoms with van der Waals surface area (Å²) in [7, 11) is 0. The van der Waals surface area contributed by atoms with Crippen molar-refractivity contribution in [2.75, 3.05) is 13.1 Å². The van der Waals surface area contributed by atoms with E-state index in [4.69, 9.17) is 5.73 Å². The maximum Gasteiger partial charge on any atom is 0.0337 e. The van der Waals surface area contributed by atoms with Crippen LogP contribution in [0.5, 0.6) is 0 Å². The third-order valence-corrected chi connectivity index (χ3v) is 5.42. The van der Waals surface area contributed by atoms with E-state index in [-0.39, 0.29) is 5.54 Å². The Bertz CT molecular complexity index is 262. The number of nitrogens with zero attached hydrogens (tertiary/aromatic N) is 1. The first-order valence-corrected chi connectivity index (χ1v) is 8.93. The Hall–Kier alpha value is -0.0800. The summed E-state index contributed by atoms with van der Waals surface area (Å²) in [6.07, 6.45) is 9.34. The summed E-state index contributed by atoms with van der Waals surface area (Å²) in [6, 6.07) is 0.612. The molecule has 1 saturated carbocycles. The van der Waals surface area contributed by atoms with Crippen LogP contribution in [0.4, 0.5) is 0 Å². The molecule has 0 aromatic rings. The quantitative estimate of drug-likeness (QED) is 0.667. The number of nitrogens with two attached hydrogens (primary N) is 1. The second-order valence-corrected chi connectivity index (χ2v) is 7.52. The summed E-state index contributed by atoms with van der Waals surface area (Å²) in [4.78, 5) is 2.75.